The van der Waals surface area contributed by atoms with E-state index in [2.05, 4.69) is 33.8 Å². The van der Waals surface area contributed by atoms with Gasteiger partial charge in [0.1, 0.15) is 0 Å². The predicted molar refractivity (Wildman–Crippen MR) is 93.5 cm³/mol. The zero-order valence-corrected chi connectivity index (χ0v) is 14.9. The molecule has 1 amide bonds. The lowest BCUT2D eigenvalue weighted by molar-refractivity contribution is -0.136. The summed E-state index contributed by atoms with van der Waals surface area (Å²) in [6.07, 6.45) is 8.73. The zero-order valence-electron chi connectivity index (χ0n) is 14.9. The predicted octanol–water partition coefficient (Wildman–Crippen LogP) is 2.46. The van der Waals surface area contributed by atoms with Crippen LogP contribution in [0.2, 0.25) is 0 Å². The van der Waals surface area contributed by atoms with Gasteiger partial charge in [0.25, 0.3) is 0 Å². The standard InChI is InChI=1S/C19H29N3O2/c1-3-17-19(9-5-18(23)22(19)13-14-24-2)8-4-12-21(17)15-16-6-10-20-11-7-16/h6-7,10-11,17H,3-5,8-9,12-15H2,1-2H3/t17-,19-/m0/s1. The highest BCUT2D eigenvalue weighted by Gasteiger charge is 2.52. The van der Waals surface area contributed by atoms with Crippen molar-refractivity contribution in [2.75, 3.05) is 26.8 Å². The van der Waals surface area contributed by atoms with Gasteiger partial charge in [-0.3, -0.25) is 14.7 Å². The fourth-order valence-corrected chi connectivity index (χ4v) is 4.78. The van der Waals surface area contributed by atoms with Gasteiger partial charge in [0.2, 0.25) is 5.91 Å². The van der Waals surface area contributed by atoms with E-state index in [0.29, 0.717) is 25.0 Å². The van der Waals surface area contributed by atoms with Crippen LogP contribution in [0.3, 0.4) is 0 Å². The summed E-state index contributed by atoms with van der Waals surface area (Å²) in [5.74, 6) is 0.302. The van der Waals surface area contributed by atoms with Crippen LogP contribution >= 0.6 is 0 Å². The number of amides is 1. The molecule has 0 N–H and O–H groups in total. The molecule has 2 fully saturated rings. The fraction of sp³-hybridized carbons (Fsp3) is 0.684. The van der Waals surface area contributed by atoms with Gasteiger partial charge in [-0.25, -0.2) is 0 Å². The molecule has 5 nitrogen and oxygen atoms in total. The van der Waals surface area contributed by atoms with Crippen molar-refractivity contribution in [3.63, 3.8) is 0 Å². The lowest BCUT2D eigenvalue weighted by atomic mass is 9.77. The number of pyridine rings is 1. The van der Waals surface area contributed by atoms with E-state index >= 15 is 0 Å². The van der Waals surface area contributed by atoms with Crippen LogP contribution in [-0.2, 0) is 16.1 Å². The molecule has 0 unspecified atom stereocenters. The molecule has 24 heavy (non-hydrogen) atoms. The summed E-state index contributed by atoms with van der Waals surface area (Å²) < 4.78 is 5.26. The number of carbonyl (C=O) groups is 1. The van der Waals surface area contributed by atoms with E-state index in [9.17, 15) is 4.79 Å². The summed E-state index contributed by atoms with van der Waals surface area (Å²) in [7, 11) is 1.71. The van der Waals surface area contributed by atoms with Crippen molar-refractivity contribution in [1.29, 1.82) is 0 Å². The number of likely N-dealkylation sites (tertiary alicyclic amines) is 2. The van der Waals surface area contributed by atoms with Gasteiger partial charge in [-0.15, -0.1) is 0 Å². The third-order valence-corrected chi connectivity index (χ3v) is 5.77. The van der Waals surface area contributed by atoms with Crippen LogP contribution in [0.1, 0.15) is 44.6 Å². The molecule has 1 spiro atoms. The van der Waals surface area contributed by atoms with Gasteiger partial charge < -0.3 is 9.64 Å². The first-order valence-corrected chi connectivity index (χ1v) is 9.13. The summed E-state index contributed by atoms with van der Waals surface area (Å²) in [6.45, 7) is 5.64. The van der Waals surface area contributed by atoms with Crippen LogP contribution in [-0.4, -0.2) is 59.1 Å². The zero-order chi connectivity index (χ0) is 17.0. The number of piperidine rings is 1. The van der Waals surface area contributed by atoms with Crippen LogP contribution in [0.25, 0.3) is 0 Å². The maximum Gasteiger partial charge on any atom is 0.223 e. The monoisotopic (exact) mass is 331 g/mol. The Morgan fingerprint density at radius 1 is 1.33 bits per heavy atom. The van der Waals surface area contributed by atoms with Crippen molar-refractivity contribution in [3.05, 3.63) is 30.1 Å². The van der Waals surface area contributed by atoms with Crippen molar-refractivity contribution >= 4 is 5.91 Å². The Morgan fingerprint density at radius 2 is 2.12 bits per heavy atom. The Morgan fingerprint density at radius 3 is 2.83 bits per heavy atom. The Balaban J connectivity index is 1.82. The van der Waals surface area contributed by atoms with Gasteiger partial charge in [-0.05, 0) is 49.9 Å². The number of methoxy groups -OCH3 is 1. The van der Waals surface area contributed by atoms with Gasteiger partial charge in [-0.1, -0.05) is 6.92 Å². The first-order chi connectivity index (χ1) is 11.7. The quantitative estimate of drug-likeness (QED) is 0.803. The first kappa shape index (κ1) is 17.4. The molecule has 0 bridgehead atoms. The van der Waals surface area contributed by atoms with Crippen molar-refractivity contribution in [2.45, 2.75) is 57.2 Å². The summed E-state index contributed by atoms with van der Waals surface area (Å²) in [5, 5.41) is 0. The summed E-state index contributed by atoms with van der Waals surface area (Å²) in [5.41, 5.74) is 1.29. The second-order valence-corrected chi connectivity index (χ2v) is 7.00. The number of hydrogen-bond acceptors (Lipinski definition) is 4. The van der Waals surface area contributed by atoms with Crippen molar-refractivity contribution < 1.29 is 9.53 Å². The molecular formula is C19H29N3O2. The molecule has 2 aliphatic heterocycles. The average molecular weight is 331 g/mol. The topological polar surface area (TPSA) is 45.7 Å². The summed E-state index contributed by atoms with van der Waals surface area (Å²) in [6, 6.07) is 4.61. The highest BCUT2D eigenvalue weighted by molar-refractivity contribution is 5.80. The second-order valence-electron chi connectivity index (χ2n) is 7.00. The molecule has 0 aromatic carbocycles. The first-order valence-electron chi connectivity index (χ1n) is 9.13. The SMILES string of the molecule is CC[C@@H]1N(Cc2ccncc2)CCC[C@]12CCC(=O)N2CCOC. The van der Waals surface area contributed by atoms with E-state index in [1.807, 2.05) is 12.4 Å². The van der Waals surface area contributed by atoms with Crippen LogP contribution in [0.15, 0.2) is 24.5 Å². The number of rotatable bonds is 6. The molecule has 1 aromatic heterocycles. The van der Waals surface area contributed by atoms with E-state index in [4.69, 9.17) is 4.74 Å². The molecule has 2 atom stereocenters. The van der Waals surface area contributed by atoms with Crippen molar-refractivity contribution in [3.8, 4) is 0 Å². The maximum absolute atomic E-state index is 12.5. The molecule has 0 radical (unpaired) electrons. The lowest BCUT2D eigenvalue weighted by Gasteiger charge is -2.52. The van der Waals surface area contributed by atoms with E-state index in [1.165, 1.54) is 5.56 Å². The molecule has 2 saturated heterocycles. The number of hydrogen-bond donors (Lipinski definition) is 0. The Hall–Kier alpha value is -1.46. The van der Waals surface area contributed by atoms with Crippen LogP contribution in [0.5, 0.6) is 0 Å². The minimum atomic E-state index is -0.00432. The van der Waals surface area contributed by atoms with Crippen LogP contribution in [0, 0.1) is 0 Å². The normalized spacial score (nSPS) is 28.0. The third kappa shape index (κ3) is 3.20. The maximum atomic E-state index is 12.5. The van der Waals surface area contributed by atoms with Gasteiger partial charge >= 0.3 is 0 Å². The smallest absolute Gasteiger partial charge is 0.223 e. The fourth-order valence-electron chi connectivity index (χ4n) is 4.78. The van der Waals surface area contributed by atoms with Gasteiger partial charge in [0.05, 0.1) is 12.1 Å². The van der Waals surface area contributed by atoms with Gasteiger partial charge in [0.15, 0.2) is 0 Å². The van der Waals surface area contributed by atoms with Gasteiger partial charge in [-0.2, -0.15) is 0 Å². The molecule has 2 aliphatic rings. The highest BCUT2D eigenvalue weighted by atomic mass is 16.5. The largest absolute Gasteiger partial charge is 0.383 e. The molecule has 0 saturated carbocycles. The third-order valence-electron chi connectivity index (χ3n) is 5.77. The van der Waals surface area contributed by atoms with Crippen LogP contribution < -0.4 is 0 Å². The van der Waals surface area contributed by atoms with Gasteiger partial charge in [0, 0.05) is 45.1 Å². The van der Waals surface area contributed by atoms with Crippen molar-refractivity contribution in [1.82, 2.24) is 14.8 Å². The van der Waals surface area contributed by atoms with E-state index in [0.717, 1.165) is 45.3 Å². The number of ether oxygens (including phenoxy) is 1. The molecule has 0 aliphatic carbocycles. The highest BCUT2D eigenvalue weighted by Crippen LogP contribution is 2.43. The molecule has 3 heterocycles. The molecular weight excluding hydrogens is 302 g/mol. The Bertz CT molecular complexity index is 551. The number of aromatic nitrogens is 1. The second kappa shape index (κ2) is 7.62. The summed E-state index contributed by atoms with van der Waals surface area (Å²) in [4.78, 5) is 21.4. The lowest BCUT2D eigenvalue weighted by Crippen LogP contribution is -2.63. The minimum Gasteiger partial charge on any atom is -0.383 e. The van der Waals surface area contributed by atoms with E-state index < -0.39 is 0 Å². The van der Waals surface area contributed by atoms with Crippen molar-refractivity contribution in [2.24, 2.45) is 0 Å². The van der Waals surface area contributed by atoms with Crippen LogP contribution in [0.4, 0.5) is 0 Å². The molecule has 5 heteroatoms. The molecule has 3 rings (SSSR count). The Labute approximate surface area is 145 Å². The minimum absolute atomic E-state index is 0.00432. The van der Waals surface area contributed by atoms with E-state index in [-0.39, 0.29) is 5.54 Å². The summed E-state index contributed by atoms with van der Waals surface area (Å²) >= 11 is 0. The number of nitrogens with zero attached hydrogens (tertiary/aromatic N) is 3. The molecule has 132 valence electrons. The number of carbonyl (C=O) groups excluding carboxylic acids is 1. The average Bonchev–Trinajstić information content (AvgIpc) is 2.90. The Kier molecular flexibility index (Phi) is 5.51. The molecule has 1 aromatic rings. The van der Waals surface area contributed by atoms with E-state index in [1.54, 1.807) is 7.11 Å².